The van der Waals surface area contributed by atoms with Crippen molar-refractivity contribution in [3.8, 4) is 5.75 Å². The summed E-state index contributed by atoms with van der Waals surface area (Å²) in [5.74, 6) is -2.69. The number of unbranched alkanes of at least 4 members (excludes halogenated alkanes) is 5. The van der Waals surface area contributed by atoms with Crippen molar-refractivity contribution < 1.29 is 71.7 Å². The number of ether oxygens (including phenoxy) is 3. The summed E-state index contributed by atoms with van der Waals surface area (Å²) in [5, 5.41) is 39.9. The third-order valence-corrected chi connectivity index (χ3v) is 22.7. The van der Waals surface area contributed by atoms with Gasteiger partial charge in [-0.3, -0.25) is 58.7 Å². The summed E-state index contributed by atoms with van der Waals surface area (Å²) in [7, 11) is 0. The molecule has 710 valence electrons. The highest BCUT2D eigenvalue weighted by molar-refractivity contribution is 8.01. The van der Waals surface area contributed by atoms with Crippen molar-refractivity contribution in [3.63, 3.8) is 0 Å². The van der Waals surface area contributed by atoms with Gasteiger partial charge in [0.2, 0.25) is 17.7 Å². The van der Waals surface area contributed by atoms with Crippen molar-refractivity contribution in [1.29, 1.82) is 0 Å². The minimum Gasteiger partial charge on any atom is -0.492 e. The number of aryl methyl sites for hydroxylation is 1. The molecule has 5 heterocycles. The van der Waals surface area contributed by atoms with Gasteiger partial charge in [0.15, 0.2) is 0 Å². The number of esters is 1. The molecule has 7 aromatic carbocycles. The Kier molecular flexibility index (Phi) is 41.9. The summed E-state index contributed by atoms with van der Waals surface area (Å²) < 4.78 is 15.8. The zero-order valence-electron chi connectivity index (χ0n) is 72.6. The van der Waals surface area contributed by atoms with E-state index in [1.165, 1.54) is 98.8 Å². The topological polar surface area (TPSA) is 395 Å². The Balaban J connectivity index is 0.000000217. The molecule has 45 heteroatoms. The smallest absolute Gasteiger partial charge is 0.412 e. The van der Waals surface area contributed by atoms with Crippen LogP contribution in [0.2, 0.25) is 60.3 Å². The van der Waals surface area contributed by atoms with Gasteiger partial charge in [-0.25, -0.2) is 19.6 Å². The molecule has 0 radical (unpaired) electrons. The number of rotatable bonds is 27. The lowest BCUT2D eigenvalue weighted by atomic mass is 10.1. The average molecular weight is 2100 g/mol. The highest BCUT2D eigenvalue weighted by Crippen LogP contribution is 2.44. The maximum Gasteiger partial charge on any atom is 0.412 e. The molecule has 11 amide bonds. The fourth-order valence-electron chi connectivity index (χ4n) is 11.5. The second-order valence-electron chi connectivity index (χ2n) is 29.1. The number of hydrogen-bond donors (Lipinski definition) is 7. The largest absolute Gasteiger partial charge is 0.492 e. The predicted molar refractivity (Wildman–Crippen MR) is 535 cm³/mol. The molecule has 7 aromatic rings. The minimum absolute atomic E-state index is 0.00201. The van der Waals surface area contributed by atoms with E-state index in [1.54, 1.807) is 74.5 Å². The number of halogens is 12. The van der Waals surface area contributed by atoms with Gasteiger partial charge in [0.05, 0.1) is 101 Å². The maximum absolute atomic E-state index is 14.1. The zero-order chi connectivity index (χ0) is 99.4. The molecule has 32 nitrogen and oxygen atoms in total. The van der Waals surface area contributed by atoms with Gasteiger partial charge < -0.3 is 40.8 Å². The average Bonchev–Trinajstić information content (AvgIpc) is 1.62. The van der Waals surface area contributed by atoms with E-state index >= 15 is 0 Å². The number of nitrogens with zero attached hydrogens (tertiary/aromatic N) is 10. The predicted octanol–water partition coefficient (Wildman–Crippen LogP) is 20.4. The van der Waals surface area contributed by atoms with Crippen LogP contribution in [0.15, 0.2) is 213 Å². The first-order valence-corrected chi connectivity index (χ1v) is 45.7. The third kappa shape index (κ3) is 32.3. The number of carbonyl (C=O) groups is 12. The number of alkyl carbamates (subject to hydrolysis) is 1. The molecule has 0 spiro atoms. The highest BCUT2D eigenvalue weighted by atomic mass is 35.5. The Morgan fingerprint density at radius 1 is 0.489 bits per heavy atom. The first-order valence-electron chi connectivity index (χ1n) is 40.3. The number of aliphatic imine (C=N–C) groups is 1. The van der Waals surface area contributed by atoms with Crippen molar-refractivity contribution in [2.75, 3.05) is 50.2 Å². The monoisotopic (exact) mass is 2100 g/mol. The van der Waals surface area contributed by atoms with Gasteiger partial charge >= 0.3 is 12.1 Å². The van der Waals surface area contributed by atoms with Crippen molar-refractivity contribution in [1.82, 2.24) is 32.0 Å². The Morgan fingerprint density at radius 3 is 1.44 bits per heavy atom. The van der Waals surface area contributed by atoms with Gasteiger partial charge in [0.25, 0.3) is 41.4 Å². The van der Waals surface area contributed by atoms with E-state index in [9.17, 15) is 57.5 Å². The number of benzene rings is 7. The van der Waals surface area contributed by atoms with Gasteiger partial charge in [-0.2, -0.15) is 40.4 Å². The number of thioether (sulfide) groups is 1. The standard InChI is InChI=1S/C34H36Cl4N4O3S.C16H15Cl2N3O5.C15H14Cl2N4O3.C13H11Cl2N3O2.C12H9Cl2N3O2/c1-5-6-7-8-9-10-15-45-28-14-11-21(4)16-29(28)46-31-32(40-27-19-23(12-13-24(27)36)39-33(43)20(2)3)41-42(34(31)44)30-25(37)17-22(35)18-26(30)38;1-9(2)15(23)25-5-6-26-16(24)19-13-8-14(22)21(20-13)12-7-10(17)3-4-11(12)18;1-3-13(22)18-8(2)15(24)19-12-7-14(23)21(20-12)11-6-9(16)4-5-10(11)17;1-7(2)13(20)16-11-6-12(19)18(17-11)10-4-3-8(14)5-9(10)15;1-2-11(18)15-10-6-12(19)17(16-10)9-5-7(13)3-4-8(9)14/h11-14,16-19,31H,2,5-10,15H2,1,3-4H3,(H,39,43)(H,40,41);3-4,7H,1,5-6,8H2,2H3,(H,19,20,24);3-6,8H,1,7H2,2H3,(H,18,22)(H,19,20,24);3-5H,1,6H2,2H3,(H,16,17,20);2-5H,1,6H2,(H,15,16,18). The first-order chi connectivity index (χ1) is 63.9. The summed E-state index contributed by atoms with van der Waals surface area (Å²) in [5.41, 5.74) is 7.50. The number of nitrogens with one attached hydrogen (secondary N) is 7. The lowest BCUT2D eigenvalue weighted by molar-refractivity contribution is -0.140. The first kappa shape index (κ1) is 109. The molecule has 135 heavy (non-hydrogen) atoms. The molecule has 1 saturated heterocycles. The summed E-state index contributed by atoms with van der Waals surface area (Å²) in [6.45, 7) is 27.9. The van der Waals surface area contributed by atoms with Gasteiger partial charge in [-0.1, -0.05) is 217 Å². The number of hydrazone groups is 4. The lowest BCUT2D eigenvalue weighted by Gasteiger charge is -2.19. The van der Waals surface area contributed by atoms with E-state index in [0.717, 1.165) is 55.5 Å². The van der Waals surface area contributed by atoms with Crippen molar-refractivity contribution >= 4 is 291 Å². The van der Waals surface area contributed by atoms with E-state index in [1.807, 2.05) is 25.1 Å². The summed E-state index contributed by atoms with van der Waals surface area (Å²) in [6.07, 6.45) is 7.98. The molecule has 2 atom stereocenters. The Hall–Kier alpha value is -11.5. The number of carbonyl (C=O) groups excluding carboxylic acids is 12. The fourth-order valence-corrected chi connectivity index (χ4v) is 15.4. The van der Waals surface area contributed by atoms with E-state index in [0.29, 0.717) is 103 Å². The van der Waals surface area contributed by atoms with Crippen LogP contribution in [0.25, 0.3) is 0 Å². The number of hydrazine groups is 1. The van der Waals surface area contributed by atoms with Crippen molar-refractivity contribution in [2.24, 2.45) is 25.4 Å². The number of hydrogen-bond acceptors (Lipinski definition) is 21. The van der Waals surface area contributed by atoms with Gasteiger partial charge in [0, 0.05) is 47.5 Å². The van der Waals surface area contributed by atoms with Crippen LogP contribution < -0.4 is 67.1 Å². The van der Waals surface area contributed by atoms with Crippen LogP contribution >= 0.6 is 151 Å². The van der Waals surface area contributed by atoms with E-state index in [-0.39, 0.29) is 136 Å². The summed E-state index contributed by atoms with van der Waals surface area (Å²) >= 11 is 74.7. The molecule has 0 aromatic heterocycles. The van der Waals surface area contributed by atoms with Crippen LogP contribution in [0.1, 0.15) is 104 Å². The minimum atomic E-state index is -0.856. The van der Waals surface area contributed by atoms with Crippen molar-refractivity contribution in [3.05, 3.63) is 249 Å². The quantitative estimate of drug-likeness (QED) is 0.0143. The van der Waals surface area contributed by atoms with Crippen LogP contribution in [0.3, 0.4) is 0 Å². The molecule has 0 saturated carbocycles. The van der Waals surface area contributed by atoms with E-state index < -0.39 is 41.1 Å². The molecule has 12 rings (SSSR count). The van der Waals surface area contributed by atoms with Gasteiger partial charge in [0.1, 0.15) is 65.1 Å². The van der Waals surface area contributed by atoms with Crippen LogP contribution in [0.5, 0.6) is 5.75 Å². The fraction of sp³-hybridized carbons (Fsp3) is 0.233. The Labute approximate surface area is 840 Å². The molecule has 2 unspecified atom stereocenters. The van der Waals surface area contributed by atoms with E-state index in [2.05, 4.69) is 97.6 Å². The molecular weight excluding hydrogens is 2020 g/mol. The lowest BCUT2D eigenvalue weighted by Crippen LogP contribution is -2.46. The molecule has 5 aliphatic rings. The second-order valence-corrected chi connectivity index (χ2v) is 35.3. The van der Waals surface area contributed by atoms with Crippen LogP contribution in [0, 0.1) is 6.92 Å². The SMILES string of the molecule is C=C(C)C(=O)NC1=NN(c2ccc(Cl)cc2Cl)C(=O)C1.C=C(C)C(=O)Nc1ccc(Cl)c(N=C2NN(c3c(Cl)cc(Cl)cc3Cl)C(=O)C2Sc2cc(C)ccc2OCCCCCCCC)c1.C=C(C)C(=O)OCCOC(=O)NC1=NN(c2cc(Cl)ccc2Cl)C(=O)C1.C=CC(=O)NC(C)C(=O)NC1=NN(c2cc(Cl)ccc2Cl)C(=O)C1.C=CC(=O)NC1=NN(c2cc(Cl)ccc2Cl)C(=O)C1. The normalized spacial score (nSPS) is 14.5. The molecule has 7 N–H and O–H groups in total. The number of amidine groups is 5. The second kappa shape index (κ2) is 52.0. The van der Waals surface area contributed by atoms with Crippen LogP contribution in [-0.2, 0) is 62.2 Å². The van der Waals surface area contributed by atoms with Gasteiger partial charge in [-0.15, -0.1) is 11.8 Å². The van der Waals surface area contributed by atoms with Crippen molar-refractivity contribution in [2.45, 2.75) is 122 Å². The Bertz CT molecular complexity index is 6020. The maximum atomic E-state index is 14.1. The molecular formula is C90H85Cl12N17O15S. The molecule has 5 aliphatic heterocycles. The van der Waals surface area contributed by atoms with E-state index in [4.69, 9.17) is 158 Å². The molecule has 0 aliphatic carbocycles. The summed E-state index contributed by atoms with van der Waals surface area (Å²) in [6, 6.07) is 31.7. The van der Waals surface area contributed by atoms with Gasteiger partial charge in [-0.05, 0) is 174 Å². The Morgan fingerprint density at radius 2 is 0.941 bits per heavy atom. The molecule has 1 fully saturated rings. The number of anilines is 6. The summed E-state index contributed by atoms with van der Waals surface area (Å²) in [4.78, 5) is 149. The van der Waals surface area contributed by atoms with Crippen LogP contribution in [-0.4, -0.2) is 131 Å². The third-order valence-electron chi connectivity index (χ3n) is 18.2. The zero-order valence-corrected chi connectivity index (χ0v) is 82.5. The molecule has 0 bridgehead atoms. The van der Waals surface area contributed by atoms with Crippen LogP contribution in [0.4, 0.5) is 44.6 Å². The number of amides is 11. The highest BCUT2D eigenvalue weighted by Gasteiger charge is 2.42.